The van der Waals surface area contributed by atoms with Gasteiger partial charge >= 0.3 is 0 Å². The Morgan fingerprint density at radius 2 is 1.83 bits per heavy atom. The summed E-state index contributed by atoms with van der Waals surface area (Å²) < 4.78 is 0. The number of hydrogen-bond donors (Lipinski definition) is 0. The van der Waals surface area contributed by atoms with Gasteiger partial charge in [-0.2, -0.15) is 11.6 Å². The van der Waals surface area contributed by atoms with E-state index in [1.807, 2.05) is 0 Å². The monoisotopic (exact) mass is 371 g/mol. The van der Waals surface area contributed by atoms with Crippen LogP contribution in [0.25, 0.3) is 0 Å². The van der Waals surface area contributed by atoms with Gasteiger partial charge in [0.1, 0.15) is 0 Å². The molecule has 1 aliphatic rings. The Balaban J connectivity index is -0.000000270. The molecule has 0 N–H and O–H groups in total. The van der Waals surface area contributed by atoms with Gasteiger partial charge < -0.3 is 0 Å². The minimum Gasteiger partial charge on any atom is -0.269 e. The maximum Gasteiger partial charge on any atom is 0 e. The van der Waals surface area contributed by atoms with Gasteiger partial charge in [0.25, 0.3) is 0 Å². The molecule has 0 spiro atoms. The number of halogens is 2. The molecule has 0 heterocycles. The second-order valence-corrected chi connectivity index (χ2v) is 2.30. The molecule has 70 valence electrons. The Labute approximate surface area is 116 Å². The molecule has 1 rings (SSSR count). The van der Waals surface area contributed by atoms with Crippen LogP contribution in [0.2, 0.25) is 0 Å². The summed E-state index contributed by atoms with van der Waals surface area (Å²) >= 11 is 0. The minimum absolute atomic E-state index is 0. The first kappa shape index (κ1) is 19.0. The van der Waals surface area contributed by atoms with Crippen LogP contribution in [0.1, 0.15) is 33.1 Å². The third-order valence-corrected chi connectivity index (χ3v) is 1.79. The maximum atomic E-state index is 3.33. The first-order chi connectivity index (χ1) is 4.38. The van der Waals surface area contributed by atoms with E-state index in [0.717, 1.165) is 12.8 Å². The van der Waals surface area contributed by atoms with Crippen molar-refractivity contribution in [3.05, 3.63) is 23.3 Å². The van der Waals surface area contributed by atoms with Crippen molar-refractivity contribution in [2.45, 2.75) is 33.1 Å². The van der Waals surface area contributed by atoms with Crippen molar-refractivity contribution in [1.82, 2.24) is 0 Å². The summed E-state index contributed by atoms with van der Waals surface area (Å²) in [6.07, 6.45) is 8.99. The van der Waals surface area contributed by atoms with Crippen molar-refractivity contribution in [3.63, 3.8) is 0 Å². The summed E-state index contributed by atoms with van der Waals surface area (Å²) in [4.78, 5) is 0. The molecule has 0 unspecified atom stereocenters. The summed E-state index contributed by atoms with van der Waals surface area (Å²) in [5, 5.41) is 0. The van der Waals surface area contributed by atoms with Gasteiger partial charge in [0, 0.05) is 26.2 Å². The van der Waals surface area contributed by atoms with Gasteiger partial charge in [0.15, 0.2) is 0 Å². The zero-order valence-corrected chi connectivity index (χ0v) is 13.4. The summed E-state index contributed by atoms with van der Waals surface area (Å²) in [7, 11) is 0. The van der Waals surface area contributed by atoms with Crippen LogP contribution in [0.15, 0.2) is 17.2 Å². The van der Waals surface area contributed by atoms with Crippen LogP contribution < -0.4 is 0 Å². The normalized spacial score (nSPS) is 13.2. The predicted molar refractivity (Wildman–Crippen MR) is 60.7 cm³/mol. The second kappa shape index (κ2) is 10.4. The van der Waals surface area contributed by atoms with Crippen LogP contribution in [0.4, 0.5) is 0 Å². The minimum atomic E-state index is 0. The molecule has 0 saturated heterocycles. The molecule has 0 saturated carbocycles. The standard InChI is InChI=1S/C9H13.2BrH.Zr/c1-3-8-6-5-7-9(8)4-2;;;/h6H,3-5H2,1-2H3;2*1H;/q-1;;;. The predicted octanol–water partition coefficient (Wildman–Crippen LogP) is 4.02. The van der Waals surface area contributed by atoms with Gasteiger partial charge in [-0.15, -0.1) is 40.4 Å². The van der Waals surface area contributed by atoms with E-state index in [1.54, 1.807) is 0 Å². The first-order valence-electron chi connectivity index (χ1n) is 3.67. The van der Waals surface area contributed by atoms with Crippen molar-refractivity contribution in [2.75, 3.05) is 0 Å². The van der Waals surface area contributed by atoms with Gasteiger partial charge in [0.05, 0.1) is 0 Å². The average molecular weight is 374 g/mol. The van der Waals surface area contributed by atoms with Crippen molar-refractivity contribution in [3.8, 4) is 0 Å². The summed E-state index contributed by atoms with van der Waals surface area (Å²) in [5.41, 5.74) is 2.95. The molecule has 0 aromatic rings. The first-order valence-corrected chi connectivity index (χ1v) is 3.67. The molecule has 0 atom stereocenters. The molecule has 0 aromatic carbocycles. The van der Waals surface area contributed by atoms with Gasteiger partial charge in [-0.05, 0) is 0 Å². The van der Waals surface area contributed by atoms with Crippen molar-refractivity contribution >= 4 is 34.0 Å². The van der Waals surface area contributed by atoms with Crippen LogP contribution in [-0.2, 0) is 26.2 Å². The largest absolute Gasteiger partial charge is 0.269 e. The fourth-order valence-corrected chi connectivity index (χ4v) is 1.24. The number of allylic oxidation sites excluding steroid dienone is 4. The molecule has 0 aliphatic heterocycles. The van der Waals surface area contributed by atoms with Crippen LogP contribution >= 0.6 is 34.0 Å². The van der Waals surface area contributed by atoms with Crippen LogP contribution in [-0.4, -0.2) is 0 Å². The van der Waals surface area contributed by atoms with E-state index in [2.05, 4.69) is 26.0 Å². The molecule has 12 heavy (non-hydrogen) atoms. The van der Waals surface area contributed by atoms with Gasteiger partial charge in [-0.3, -0.25) is 6.08 Å². The molecule has 0 aromatic heterocycles. The van der Waals surface area contributed by atoms with E-state index in [1.165, 1.54) is 17.6 Å². The van der Waals surface area contributed by atoms with Crippen LogP contribution in [0.5, 0.6) is 0 Å². The van der Waals surface area contributed by atoms with E-state index in [-0.39, 0.29) is 60.2 Å². The van der Waals surface area contributed by atoms with Gasteiger partial charge in [-0.25, -0.2) is 5.57 Å². The van der Waals surface area contributed by atoms with Gasteiger partial charge in [-0.1, -0.05) is 26.7 Å². The Bertz CT molecular complexity index is 144. The topological polar surface area (TPSA) is 0 Å². The smallest absolute Gasteiger partial charge is 0 e. The van der Waals surface area contributed by atoms with Crippen molar-refractivity contribution in [1.29, 1.82) is 0 Å². The number of hydrogen-bond acceptors (Lipinski definition) is 0. The molecule has 3 heteroatoms. The van der Waals surface area contributed by atoms with E-state index >= 15 is 0 Å². The average Bonchev–Trinajstić information content (AvgIpc) is 2.33. The summed E-state index contributed by atoms with van der Waals surface area (Å²) in [5.74, 6) is 0. The Hall–Kier alpha value is 1.32. The van der Waals surface area contributed by atoms with Crippen molar-refractivity contribution in [2.24, 2.45) is 0 Å². The molecule has 0 nitrogen and oxygen atoms in total. The molecule has 1 aliphatic carbocycles. The van der Waals surface area contributed by atoms with Gasteiger partial charge in [0.2, 0.25) is 0 Å². The zero-order chi connectivity index (χ0) is 6.69. The third kappa shape index (κ3) is 5.14. The van der Waals surface area contributed by atoms with E-state index in [0.29, 0.717) is 0 Å². The molecular weight excluding hydrogens is 359 g/mol. The molecule has 0 fully saturated rings. The quantitative estimate of drug-likeness (QED) is 0.641. The second-order valence-electron chi connectivity index (χ2n) is 2.30. The van der Waals surface area contributed by atoms with E-state index in [9.17, 15) is 0 Å². The third-order valence-electron chi connectivity index (χ3n) is 1.79. The van der Waals surface area contributed by atoms with E-state index < -0.39 is 0 Å². The van der Waals surface area contributed by atoms with Crippen LogP contribution in [0.3, 0.4) is 0 Å². The van der Waals surface area contributed by atoms with Crippen LogP contribution in [0, 0.1) is 6.08 Å². The molecule has 0 radical (unpaired) electrons. The molecule has 0 bridgehead atoms. The van der Waals surface area contributed by atoms with E-state index in [4.69, 9.17) is 0 Å². The molecular formula is C9H15Br2Zr-. The Kier molecular flexibility index (Phi) is 16.5. The summed E-state index contributed by atoms with van der Waals surface area (Å²) in [6, 6.07) is 0. The molecule has 0 amide bonds. The number of rotatable bonds is 2. The summed E-state index contributed by atoms with van der Waals surface area (Å²) in [6.45, 7) is 4.39. The zero-order valence-electron chi connectivity index (χ0n) is 7.52. The Morgan fingerprint density at radius 3 is 2.17 bits per heavy atom. The SMILES string of the molecule is Br.Br.CCC1=[C-]CC=C1CC.[Zr]. The fourth-order valence-electron chi connectivity index (χ4n) is 1.24. The maximum absolute atomic E-state index is 3.33. The Morgan fingerprint density at radius 1 is 1.25 bits per heavy atom. The fraction of sp³-hybridized carbons (Fsp3) is 0.556. The van der Waals surface area contributed by atoms with Crippen molar-refractivity contribution < 1.29 is 26.2 Å².